The Morgan fingerprint density at radius 3 is 2.25 bits per heavy atom. The fraction of sp³-hybridized carbons (Fsp3) is 0.0435. The Morgan fingerprint density at radius 1 is 0.844 bits per heavy atom. The fourth-order valence-electron chi connectivity index (χ4n) is 2.91. The molecule has 3 aromatic carbocycles. The number of alkyl halides is 3. The van der Waals surface area contributed by atoms with Gasteiger partial charge in [-0.3, -0.25) is 0 Å². The van der Waals surface area contributed by atoms with Gasteiger partial charge >= 0.3 is 12.4 Å². The summed E-state index contributed by atoms with van der Waals surface area (Å²) < 4.78 is 41.5. The van der Waals surface area contributed by atoms with Crippen LogP contribution in [0.4, 0.5) is 29.3 Å². The summed E-state index contributed by atoms with van der Waals surface area (Å²) in [4.78, 5) is 16.9. The van der Waals surface area contributed by atoms with Gasteiger partial charge in [-0.1, -0.05) is 54.6 Å². The molecule has 1 heterocycles. The maximum absolute atomic E-state index is 12.5. The number of urea groups is 1. The summed E-state index contributed by atoms with van der Waals surface area (Å²) in [6.45, 7) is 0. The van der Waals surface area contributed by atoms with Crippen LogP contribution in [0.1, 0.15) is 0 Å². The normalized spacial score (nSPS) is 11.1. The Balaban J connectivity index is 1.42. The minimum atomic E-state index is -4.86. The average Bonchev–Trinajstić information content (AvgIpc) is 3.26. The quantitative estimate of drug-likeness (QED) is 0.340. The molecule has 4 rings (SSSR count). The van der Waals surface area contributed by atoms with Crippen molar-refractivity contribution in [2.24, 2.45) is 0 Å². The van der Waals surface area contributed by atoms with Crippen LogP contribution in [0.5, 0.6) is 5.75 Å². The Kier molecular flexibility index (Phi) is 6.09. The Bertz CT molecular complexity index is 1210. The molecular weight excluding hydrogens is 439 g/mol. The summed E-state index contributed by atoms with van der Waals surface area (Å²) in [6.07, 6.45) is -4.86. The van der Waals surface area contributed by atoms with E-state index < -0.39 is 18.1 Å². The summed E-state index contributed by atoms with van der Waals surface area (Å²) in [6, 6.07) is 21.4. The van der Waals surface area contributed by atoms with Crippen LogP contribution in [0.25, 0.3) is 21.8 Å². The number of ether oxygens (including phenoxy) is 1. The van der Waals surface area contributed by atoms with Crippen molar-refractivity contribution in [3.63, 3.8) is 0 Å². The number of anilines is 2. The van der Waals surface area contributed by atoms with Gasteiger partial charge in [-0.2, -0.15) is 0 Å². The first-order valence-corrected chi connectivity index (χ1v) is 10.3. The van der Waals surface area contributed by atoms with Gasteiger partial charge in [-0.25, -0.2) is 9.78 Å². The molecule has 1 aromatic heterocycles. The number of nitrogens with one attached hydrogen (secondary N) is 2. The number of carbonyl (C=O) groups excluding carboxylic acids is 1. The zero-order valence-corrected chi connectivity index (χ0v) is 17.2. The van der Waals surface area contributed by atoms with Gasteiger partial charge in [-0.05, 0) is 24.3 Å². The van der Waals surface area contributed by atoms with Gasteiger partial charge < -0.3 is 15.4 Å². The molecule has 0 aliphatic heterocycles. The van der Waals surface area contributed by atoms with E-state index in [4.69, 9.17) is 0 Å². The number of hydrogen-bond donors (Lipinski definition) is 2. The van der Waals surface area contributed by atoms with Crippen LogP contribution in [0, 0.1) is 0 Å². The lowest BCUT2D eigenvalue weighted by Gasteiger charge is -2.14. The van der Waals surface area contributed by atoms with E-state index in [1.807, 2.05) is 35.7 Å². The lowest BCUT2D eigenvalue weighted by atomic mass is 10.1. The number of aromatic nitrogens is 1. The molecule has 2 N–H and O–H groups in total. The van der Waals surface area contributed by atoms with Crippen molar-refractivity contribution in [2.45, 2.75) is 6.36 Å². The number of halogens is 3. The van der Waals surface area contributed by atoms with Crippen LogP contribution < -0.4 is 15.4 Å². The molecule has 0 unspecified atom stereocenters. The average molecular weight is 455 g/mol. The van der Waals surface area contributed by atoms with E-state index in [9.17, 15) is 18.0 Å². The van der Waals surface area contributed by atoms with Gasteiger partial charge in [0.25, 0.3) is 0 Å². The number of hydrogen-bond acceptors (Lipinski definition) is 4. The molecule has 0 bridgehead atoms. The second-order valence-electron chi connectivity index (χ2n) is 6.60. The van der Waals surface area contributed by atoms with Crippen LogP contribution in [-0.4, -0.2) is 17.4 Å². The van der Waals surface area contributed by atoms with Crippen molar-refractivity contribution in [2.75, 3.05) is 10.6 Å². The molecule has 0 radical (unpaired) electrons. The summed E-state index contributed by atoms with van der Waals surface area (Å²) in [5.41, 5.74) is 3.09. The summed E-state index contributed by atoms with van der Waals surface area (Å²) in [7, 11) is 0. The fourth-order valence-corrected chi connectivity index (χ4v) is 3.75. The van der Waals surface area contributed by atoms with Crippen molar-refractivity contribution in [3.8, 4) is 27.6 Å². The highest BCUT2D eigenvalue weighted by molar-refractivity contribution is 7.13. The van der Waals surface area contributed by atoms with Gasteiger partial charge in [0.2, 0.25) is 0 Å². The van der Waals surface area contributed by atoms with Crippen LogP contribution in [-0.2, 0) is 0 Å². The number of rotatable bonds is 5. The first kappa shape index (κ1) is 21.4. The van der Waals surface area contributed by atoms with E-state index in [0.29, 0.717) is 5.69 Å². The van der Waals surface area contributed by atoms with E-state index in [1.165, 1.54) is 29.5 Å². The number of thiazole rings is 1. The molecule has 0 spiro atoms. The molecule has 5 nitrogen and oxygen atoms in total. The number of nitrogens with zero attached hydrogens (tertiary/aromatic N) is 1. The number of benzene rings is 3. The zero-order valence-electron chi connectivity index (χ0n) is 16.4. The first-order valence-electron chi connectivity index (χ1n) is 9.41. The van der Waals surface area contributed by atoms with Gasteiger partial charge in [0.05, 0.1) is 11.4 Å². The van der Waals surface area contributed by atoms with Crippen molar-refractivity contribution >= 4 is 28.7 Å². The SMILES string of the molecule is O=C(Nc1ccc(-c2csc(-c3ccccc3)n2)cc1)Nc1ccccc1OC(F)(F)F. The molecular formula is C23H16F3N3O2S. The maximum Gasteiger partial charge on any atom is 0.573 e. The lowest BCUT2D eigenvalue weighted by Crippen LogP contribution is -2.22. The predicted molar refractivity (Wildman–Crippen MR) is 119 cm³/mol. The van der Waals surface area contributed by atoms with Crippen molar-refractivity contribution in [1.82, 2.24) is 4.98 Å². The molecule has 0 fully saturated rings. The Labute approximate surface area is 185 Å². The Morgan fingerprint density at radius 2 is 1.53 bits per heavy atom. The van der Waals surface area contributed by atoms with Crippen molar-refractivity contribution < 1.29 is 22.7 Å². The molecule has 4 aromatic rings. The molecule has 162 valence electrons. The molecule has 9 heteroatoms. The van der Waals surface area contributed by atoms with E-state index in [-0.39, 0.29) is 5.69 Å². The maximum atomic E-state index is 12.5. The Hall–Kier alpha value is -3.85. The monoisotopic (exact) mass is 455 g/mol. The molecule has 0 saturated heterocycles. The van der Waals surface area contributed by atoms with Gasteiger partial charge in [0.15, 0.2) is 5.75 Å². The second-order valence-corrected chi connectivity index (χ2v) is 7.46. The van der Waals surface area contributed by atoms with Crippen LogP contribution >= 0.6 is 11.3 Å². The third-order valence-electron chi connectivity index (χ3n) is 4.32. The van der Waals surface area contributed by atoms with E-state index in [2.05, 4.69) is 20.4 Å². The highest BCUT2D eigenvalue weighted by atomic mass is 32.1. The molecule has 0 aliphatic rings. The molecule has 0 aliphatic carbocycles. The minimum absolute atomic E-state index is 0.102. The van der Waals surface area contributed by atoms with Gasteiger partial charge in [-0.15, -0.1) is 24.5 Å². The van der Waals surface area contributed by atoms with Crippen molar-refractivity contribution in [1.29, 1.82) is 0 Å². The molecule has 0 atom stereocenters. The number of carbonyl (C=O) groups is 1. The first-order chi connectivity index (χ1) is 15.4. The number of para-hydroxylation sites is 2. The van der Waals surface area contributed by atoms with Gasteiger partial charge in [0, 0.05) is 22.2 Å². The van der Waals surface area contributed by atoms with Gasteiger partial charge in [0.1, 0.15) is 5.01 Å². The van der Waals surface area contributed by atoms with Crippen molar-refractivity contribution in [3.05, 3.63) is 84.2 Å². The van der Waals surface area contributed by atoms with Crippen LogP contribution in [0.3, 0.4) is 0 Å². The highest BCUT2D eigenvalue weighted by Crippen LogP contribution is 2.31. The molecule has 2 amide bonds. The topological polar surface area (TPSA) is 63.2 Å². The second kappa shape index (κ2) is 9.11. The summed E-state index contributed by atoms with van der Waals surface area (Å²) in [5, 5.41) is 7.81. The minimum Gasteiger partial charge on any atom is -0.404 e. The highest BCUT2D eigenvalue weighted by Gasteiger charge is 2.32. The van der Waals surface area contributed by atoms with Crippen LogP contribution in [0.15, 0.2) is 84.2 Å². The summed E-state index contributed by atoms with van der Waals surface area (Å²) >= 11 is 1.54. The van der Waals surface area contributed by atoms with E-state index in [0.717, 1.165) is 27.9 Å². The predicted octanol–water partition coefficient (Wildman–Crippen LogP) is 7.02. The van der Waals surface area contributed by atoms with E-state index >= 15 is 0 Å². The largest absolute Gasteiger partial charge is 0.573 e. The smallest absolute Gasteiger partial charge is 0.404 e. The zero-order chi connectivity index (χ0) is 22.6. The standard InChI is InChI=1S/C23H16F3N3O2S/c24-23(25,26)31-20-9-5-4-8-18(20)29-22(30)27-17-12-10-15(11-13-17)19-14-32-21(28-19)16-6-2-1-3-7-16/h1-14H,(H2,27,29,30). The molecule has 0 saturated carbocycles. The summed E-state index contributed by atoms with van der Waals surface area (Å²) in [5.74, 6) is -0.497. The third-order valence-corrected chi connectivity index (χ3v) is 5.22. The third kappa shape index (κ3) is 5.44. The van der Waals surface area contributed by atoms with E-state index in [1.54, 1.807) is 24.3 Å². The molecule has 32 heavy (non-hydrogen) atoms. The lowest BCUT2D eigenvalue weighted by molar-refractivity contribution is -0.274. The van der Waals surface area contributed by atoms with Crippen LogP contribution in [0.2, 0.25) is 0 Å². The number of amides is 2.